The number of benzene rings is 2. The number of cyclic esters (lactones) is 1. The summed E-state index contributed by atoms with van der Waals surface area (Å²) in [4.78, 5) is 37.8. The smallest absolute Gasteiger partial charge is 0.418 e. The number of rotatable bonds is 7. The van der Waals surface area contributed by atoms with E-state index < -0.39 is 60.2 Å². The number of alkyl halides is 3. The first-order chi connectivity index (χ1) is 15.5. The molecule has 1 saturated heterocycles. The molecular weight excluding hydrogens is 465 g/mol. The third-order valence-electron chi connectivity index (χ3n) is 5.26. The third-order valence-corrected chi connectivity index (χ3v) is 5.57. The summed E-state index contributed by atoms with van der Waals surface area (Å²) in [6.45, 7) is -0.0782. The molecule has 3 N–H and O–H groups in total. The molecule has 11 heteroatoms. The Morgan fingerprint density at radius 3 is 2.48 bits per heavy atom. The van der Waals surface area contributed by atoms with Crippen LogP contribution in [0.15, 0.2) is 42.5 Å². The number of aliphatic carboxylic acids is 1. The van der Waals surface area contributed by atoms with Crippen LogP contribution in [-0.4, -0.2) is 40.6 Å². The molecule has 0 bridgehead atoms. The maximum absolute atomic E-state index is 13.3. The predicted molar refractivity (Wildman–Crippen MR) is 112 cm³/mol. The van der Waals surface area contributed by atoms with Gasteiger partial charge in [-0.05, 0) is 36.1 Å². The van der Waals surface area contributed by atoms with E-state index in [-0.39, 0.29) is 23.6 Å². The summed E-state index contributed by atoms with van der Waals surface area (Å²) in [5.41, 5.74) is 4.38. The number of amides is 2. The normalized spacial score (nSPS) is 17.0. The highest BCUT2D eigenvalue weighted by Crippen LogP contribution is 2.38. The minimum Gasteiger partial charge on any atom is -0.481 e. The van der Waals surface area contributed by atoms with Gasteiger partial charge in [0.2, 0.25) is 5.91 Å². The van der Waals surface area contributed by atoms with Gasteiger partial charge in [-0.1, -0.05) is 41.9 Å². The van der Waals surface area contributed by atoms with Crippen molar-refractivity contribution in [2.24, 2.45) is 5.92 Å². The van der Waals surface area contributed by atoms with Gasteiger partial charge in [0.15, 0.2) is 0 Å². The van der Waals surface area contributed by atoms with Crippen molar-refractivity contribution >= 4 is 35.3 Å². The Balaban J connectivity index is 1.89. The lowest BCUT2D eigenvalue weighted by atomic mass is 9.92. The zero-order valence-electron chi connectivity index (χ0n) is 17.1. The number of halogens is 4. The maximum atomic E-state index is 13.3. The zero-order chi connectivity index (χ0) is 24.3. The van der Waals surface area contributed by atoms with Gasteiger partial charge in [0.1, 0.15) is 6.61 Å². The number of nitrogen functional groups attached to an aromatic ring is 1. The van der Waals surface area contributed by atoms with E-state index in [1.807, 2.05) is 0 Å². The molecule has 2 aromatic carbocycles. The molecule has 1 heterocycles. The summed E-state index contributed by atoms with van der Waals surface area (Å²) in [7, 11) is 0. The number of carboxylic acid groups (broad SMARTS) is 1. The van der Waals surface area contributed by atoms with Crippen molar-refractivity contribution in [1.82, 2.24) is 4.90 Å². The standard InChI is InChI=1S/C22H20ClF3N2O5/c23-17-9-13(8-16(19(17)27)22(24,25)26)6-14(10-18(29)30)20(31)28-15(11-33-21(28)32)7-12-4-2-1-3-5-12/h1-5,8-9,14-15H,6-7,10-11,27H2,(H,29,30)/t14?,15-/m1/s1. The van der Waals surface area contributed by atoms with Crippen molar-refractivity contribution in [2.45, 2.75) is 31.5 Å². The van der Waals surface area contributed by atoms with Gasteiger partial charge < -0.3 is 15.6 Å². The molecule has 3 rings (SSSR count). The second kappa shape index (κ2) is 9.70. The van der Waals surface area contributed by atoms with Gasteiger partial charge in [-0.25, -0.2) is 9.69 Å². The lowest BCUT2D eigenvalue weighted by Crippen LogP contribution is -2.44. The monoisotopic (exact) mass is 484 g/mol. The fourth-order valence-electron chi connectivity index (χ4n) is 3.73. The van der Waals surface area contributed by atoms with Crippen molar-refractivity contribution in [2.75, 3.05) is 12.3 Å². The SMILES string of the molecule is Nc1c(Cl)cc(CC(CC(=O)O)C(=O)N2C(=O)OC[C@H]2Cc2ccccc2)cc1C(F)(F)F. The Morgan fingerprint density at radius 2 is 1.88 bits per heavy atom. The van der Waals surface area contributed by atoms with E-state index in [1.54, 1.807) is 30.3 Å². The van der Waals surface area contributed by atoms with E-state index in [0.29, 0.717) is 0 Å². The molecule has 0 aliphatic carbocycles. The number of anilines is 1. The number of hydrogen-bond donors (Lipinski definition) is 2. The molecule has 176 valence electrons. The van der Waals surface area contributed by atoms with Crippen molar-refractivity contribution < 1.29 is 37.4 Å². The third kappa shape index (κ3) is 5.75. The minimum absolute atomic E-state index is 0.0340. The molecule has 0 aromatic heterocycles. The van der Waals surface area contributed by atoms with Crippen molar-refractivity contribution in [1.29, 1.82) is 0 Å². The van der Waals surface area contributed by atoms with Crippen LogP contribution in [-0.2, 0) is 33.3 Å². The van der Waals surface area contributed by atoms with E-state index in [4.69, 9.17) is 22.1 Å². The molecule has 0 radical (unpaired) electrons. The molecule has 1 fully saturated rings. The minimum atomic E-state index is -4.80. The van der Waals surface area contributed by atoms with Crippen LogP contribution >= 0.6 is 11.6 Å². The first-order valence-corrected chi connectivity index (χ1v) is 10.3. The molecule has 1 aliphatic rings. The van der Waals surface area contributed by atoms with E-state index >= 15 is 0 Å². The summed E-state index contributed by atoms with van der Waals surface area (Å²) in [5, 5.41) is 8.92. The van der Waals surface area contributed by atoms with Crippen LogP contribution in [0.5, 0.6) is 0 Å². The molecular formula is C22H20ClF3N2O5. The second-order valence-corrected chi connectivity index (χ2v) is 8.07. The van der Waals surface area contributed by atoms with Crippen LogP contribution in [0.25, 0.3) is 0 Å². The fraction of sp³-hybridized carbons (Fsp3) is 0.318. The lowest BCUT2D eigenvalue weighted by Gasteiger charge is -2.25. The molecule has 0 spiro atoms. The average molecular weight is 485 g/mol. The van der Waals surface area contributed by atoms with Crippen molar-refractivity contribution in [3.63, 3.8) is 0 Å². The number of imide groups is 1. The van der Waals surface area contributed by atoms with Crippen LogP contribution in [0.2, 0.25) is 5.02 Å². The molecule has 1 unspecified atom stereocenters. The number of hydrogen-bond acceptors (Lipinski definition) is 5. The van der Waals surface area contributed by atoms with Gasteiger partial charge in [0.05, 0.1) is 34.7 Å². The number of carboxylic acids is 1. The van der Waals surface area contributed by atoms with Crippen molar-refractivity contribution in [3.05, 3.63) is 64.2 Å². The van der Waals surface area contributed by atoms with E-state index in [9.17, 15) is 32.7 Å². The zero-order valence-corrected chi connectivity index (χ0v) is 17.9. The number of nitrogens with zero attached hydrogens (tertiary/aromatic N) is 1. The number of ether oxygens (including phenoxy) is 1. The van der Waals surface area contributed by atoms with Crippen LogP contribution in [0.4, 0.5) is 23.7 Å². The summed E-state index contributed by atoms with van der Waals surface area (Å²) >= 11 is 5.85. The van der Waals surface area contributed by atoms with Gasteiger partial charge in [-0.15, -0.1) is 0 Å². The molecule has 2 amide bonds. The molecule has 2 atom stereocenters. The first kappa shape index (κ1) is 24.4. The topological polar surface area (TPSA) is 110 Å². The molecule has 33 heavy (non-hydrogen) atoms. The van der Waals surface area contributed by atoms with Crippen LogP contribution in [0, 0.1) is 5.92 Å². The van der Waals surface area contributed by atoms with Gasteiger partial charge in [-0.2, -0.15) is 13.2 Å². The second-order valence-electron chi connectivity index (χ2n) is 7.66. The lowest BCUT2D eigenvalue weighted by molar-refractivity contribution is -0.143. The Kier molecular flexibility index (Phi) is 7.16. The van der Waals surface area contributed by atoms with E-state index in [0.717, 1.165) is 22.6 Å². The molecule has 2 aromatic rings. The highest BCUT2D eigenvalue weighted by atomic mass is 35.5. The highest BCUT2D eigenvalue weighted by Gasteiger charge is 2.42. The number of carbonyl (C=O) groups is 3. The number of carbonyl (C=O) groups excluding carboxylic acids is 2. The summed E-state index contributed by atoms with van der Waals surface area (Å²) < 4.78 is 44.9. The molecule has 1 aliphatic heterocycles. The quantitative estimate of drug-likeness (QED) is 0.571. The summed E-state index contributed by atoms with van der Waals surface area (Å²) in [6.07, 6.45) is -6.54. The van der Waals surface area contributed by atoms with Gasteiger partial charge in [0.25, 0.3) is 0 Å². The fourth-order valence-corrected chi connectivity index (χ4v) is 3.97. The Morgan fingerprint density at radius 1 is 1.21 bits per heavy atom. The largest absolute Gasteiger partial charge is 0.481 e. The Hall–Kier alpha value is -3.27. The number of nitrogens with two attached hydrogens (primary N) is 1. The van der Waals surface area contributed by atoms with Crippen LogP contribution < -0.4 is 5.73 Å². The predicted octanol–water partition coefficient (Wildman–Crippen LogP) is 4.16. The van der Waals surface area contributed by atoms with Crippen molar-refractivity contribution in [3.8, 4) is 0 Å². The molecule has 7 nitrogen and oxygen atoms in total. The summed E-state index contributed by atoms with van der Waals surface area (Å²) in [5.74, 6) is -3.52. The molecule has 0 saturated carbocycles. The Bertz CT molecular complexity index is 1060. The first-order valence-electron chi connectivity index (χ1n) is 9.88. The van der Waals surface area contributed by atoms with Gasteiger partial charge in [0, 0.05) is 0 Å². The van der Waals surface area contributed by atoms with Gasteiger partial charge >= 0.3 is 18.2 Å². The van der Waals surface area contributed by atoms with E-state index in [2.05, 4.69) is 0 Å². The maximum Gasteiger partial charge on any atom is 0.418 e. The van der Waals surface area contributed by atoms with Gasteiger partial charge in [-0.3, -0.25) is 9.59 Å². The average Bonchev–Trinajstić information content (AvgIpc) is 3.09. The van der Waals surface area contributed by atoms with Crippen LogP contribution in [0.1, 0.15) is 23.1 Å². The van der Waals surface area contributed by atoms with Crippen LogP contribution in [0.3, 0.4) is 0 Å². The van der Waals surface area contributed by atoms with E-state index in [1.165, 1.54) is 0 Å². The highest BCUT2D eigenvalue weighted by molar-refractivity contribution is 6.33. The Labute approximate surface area is 191 Å². The summed E-state index contributed by atoms with van der Waals surface area (Å²) in [6, 6.07) is 10.2.